The van der Waals surface area contributed by atoms with E-state index in [0.29, 0.717) is 5.91 Å². The van der Waals surface area contributed by atoms with Gasteiger partial charge in [-0.25, -0.2) is 0 Å². The van der Waals surface area contributed by atoms with Crippen LogP contribution in [0, 0.1) is 11.3 Å². The average molecular weight is 433 g/mol. The number of phenols is 1. The topological polar surface area (TPSA) is 53.0 Å². The van der Waals surface area contributed by atoms with Gasteiger partial charge in [0.15, 0.2) is 0 Å². The number of hydrogen-bond acceptors (Lipinski definition) is 4. The summed E-state index contributed by atoms with van der Waals surface area (Å²) in [4.78, 5) is 17.7. The second-order valence-electron chi connectivity index (χ2n) is 9.52. The van der Waals surface area contributed by atoms with Crippen molar-refractivity contribution in [3.05, 3.63) is 65.7 Å². The maximum absolute atomic E-state index is 13.2. The third-order valence-corrected chi connectivity index (χ3v) is 7.67. The van der Waals surface area contributed by atoms with Crippen molar-refractivity contribution in [1.82, 2.24) is 9.80 Å². The lowest BCUT2D eigenvalue weighted by atomic mass is 9.90. The number of piperidine rings is 1. The number of methoxy groups -OCH3 is 1. The van der Waals surface area contributed by atoms with Crippen LogP contribution in [0.2, 0.25) is 0 Å². The molecule has 2 heterocycles. The lowest BCUT2D eigenvalue weighted by Crippen LogP contribution is -2.39. The van der Waals surface area contributed by atoms with E-state index in [9.17, 15) is 9.90 Å². The van der Waals surface area contributed by atoms with Crippen molar-refractivity contribution in [3.63, 3.8) is 0 Å². The molecule has 1 amide bonds. The number of nitrogens with zero attached hydrogens (tertiary/aromatic N) is 2. The molecule has 5 nitrogen and oxygen atoms in total. The quantitative estimate of drug-likeness (QED) is 0.765. The van der Waals surface area contributed by atoms with Crippen molar-refractivity contribution in [1.29, 1.82) is 0 Å². The number of rotatable bonds is 5. The molecule has 1 aliphatic carbocycles. The summed E-state index contributed by atoms with van der Waals surface area (Å²) in [6, 6.07) is 15.8. The van der Waals surface area contributed by atoms with Crippen LogP contribution in [-0.4, -0.2) is 54.1 Å². The molecule has 2 aliphatic heterocycles. The number of likely N-dealkylation sites (tertiary alicyclic amines) is 1. The van der Waals surface area contributed by atoms with E-state index in [1.165, 1.54) is 11.1 Å². The van der Waals surface area contributed by atoms with E-state index in [1.54, 1.807) is 19.2 Å². The van der Waals surface area contributed by atoms with Crippen LogP contribution in [-0.2, 0) is 11.3 Å². The minimum absolute atomic E-state index is 0.208. The molecule has 2 fully saturated rings. The maximum atomic E-state index is 13.2. The van der Waals surface area contributed by atoms with Crippen molar-refractivity contribution in [2.24, 2.45) is 11.3 Å². The molecule has 1 atom stereocenters. The fraction of sp³-hybridized carbons (Fsp3) is 0.444. The van der Waals surface area contributed by atoms with Crippen LogP contribution in [0.3, 0.4) is 0 Å². The fourth-order valence-corrected chi connectivity index (χ4v) is 5.51. The van der Waals surface area contributed by atoms with E-state index >= 15 is 0 Å². The van der Waals surface area contributed by atoms with Gasteiger partial charge in [0.2, 0.25) is 5.91 Å². The minimum Gasteiger partial charge on any atom is -0.508 e. The monoisotopic (exact) mass is 432 g/mol. The van der Waals surface area contributed by atoms with E-state index in [2.05, 4.69) is 40.1 Å². The van der Waals surface area contributed by atoms with Crippen LogP contribution in [0.25, 0.3) is 5.57 Å². The van der Waals surface area contributed by atoms with Gasteiger partial charge in [-0.3, -0.25) is 9.69 Å². The Bertz CT molecular complexity index is 1010. The molecule has 2 aromatic rings. The second-order valence-corrected chi connectivity index (χ2v) is 9.52. The molecule has 5 rings (SSSR count). The maximum Gasteiger partial charge on any atom is 0.226 e. The molecule has 0 aromatic heterocycles. The van der Waals surface area contributed by atoms with Gasteiger partial charge in [-0.1, -0.05) is 42.5 Å². The Kier molecular flexibility index (Phi) is 5.68. The fourth-order valence-electron chi connectivity index (χ4n) is 5.51. The number of benzene rings is 2. The number of aromatic hydroxyl groups is 1. The Morgan fingerprint density at radius 3 is 2.59 bits per heavy atom. The zero-order valence-corrected chi connectivity index (χ0v) is 18.8. The SMILES string of the molecule is COc1cc(O)ccc1CN1CCC2(CC1)CC2C(=O)N1CC=C(c2ccccc2)CC1. The molecule has 1 spiro atoms. The highest BCUT2D eigenvalue weighted by atomic mass is 16.5. The van der Waals surface area contributed by atoms with Gasteiger partial charge in [-0.05, 0) is 61.4 Å². The summed E-state index contributed by atoms with van der Waals surface area (Å²) in [6.45, 7) is 4.40. The highest BCUT2D eigenvalue weighted by Gasteiger charge is 2.59. The van der Waals surface area contributed by atoms with E-state index in [0.717, 1.165) is 69.7 Å². The van der Waals surface area contributed by atoms with E-state index < -0.39 is 0 Å². The molecular formula is C27H32N2O3. The van der Waals surface area contributed by atoms with E-state index in [1.807, 2.05) is 12.1 Å². The van der Waals surface area contributed by atoms with Gasteiger partial charge in [0.25, 0.3) is 0 Å². The number of hydrogen-bond donors (Lipinski definition) is 1. The molecular weight excluding hydrogens is 400 g/mol. The van der Waals surface area contributed by atoms with Crippen LogP contribution >= 0.6 is 0 Å². The van der Waals surface area contributed by atoms with Crippen molar-refractivity contribution in [3.8, 4) is 11.5 Å². The highest BCUT2D eigenvalue weighted by molar-refractivity contribution is 5.84. The summed E-state index contributed by atoms with van der Waals surface area (Å²) < 4.78 is 5.43. The zero-order valence-electron chi connectivity index (χ0n) is 18.8. The summed E-state index contributed by atoms with van der Waals surface area (Å²) >= 11 is 0. The molecule has 3 aliphatic rings. The Balaban J connectivity index is 1.14. The van der Waals surface area contributed by atoms with Gasteiger partial charge in [0, 0.05) is 37.2 Å². The molecule has 0 bridgehead atoms. The predicted octanol–water partition coefficient (Wildman–Crippen LogP) is 4.32. The van der Waals surface area contributed by atoms with Gasteiger partial charge in [0.1, 0.15) is 11.5 Å². The molecule has 168 valence electrons. The van der Waals surface area contributed by atoms with Crippen molar-refractivity contribution >= 4 is 11.5 Å². The lowest BCUT2D eigenvalue weighted by molar-refractivity contribution is -0.133. The smallest absolute Gasteiger partial charge is 0.226 e. The summed E-state index contributed by atoms with van der Waals surface area (Å²) in [7, 11) is 1.64. The van der Waals surface area contributed by atoms with E-state index in [-0.39, 0.29) is 17.1 Å². The molecule has 32 heavy (non-hydrogen) atoms. The van der Waals surface area contributed by atoms with Gasteiger partial charge in [-0.15, -0.1) is 0 Å². The lowest BCUT2D eigenvalue weighted by Gasteiger charge is -2.34. The second kappa shape index (κ2) is 8.62. The Morgan fingerprint density at radius 1 is 1.12 bits per heavy atom. The average Bonchev–Trinajstić information content (AvgIpc) is 3.55. The first kappa shape index (κ1) is 21.1. The first-order chi connectivity index (χ1) is 15.6. The van der Waals surface area contributed by atoms with Gasteiger partial charge in [0.05, 0.1) is 7.11 Å². The summed E-state index contributed by atoms with van der Waals surface area (Å²) in [6.07, 6.45) is 6.40. The Hall–Kier alpha value is -2.79. The number of amides is 1. The van der Waals surface area contributed by atoms with Crippen molar-refractivity contribution in [2.75, 3.05) is 33.3 Å². The van der Waals surface area contributed by atoms with Crippen LogP contribution in [0.4, 0.5) is 0 Å². The minimum atomic E-state index is 0.208. The summed E-state index contributed by atoms with van der Waals surface area (Å²) in [5, 5.41) is 9.68. The van der Waals surface area contributed by atoms with Crippen molar-refractivity contribution < 1.29 is 14.6 Å². The van der Waals surface area contributed by atoms with Crippen LogP contribution in [0.1, 0.15) is 36.8 Å². The number of carbonyl (C=O) groups excluding carboxylic acids is 1. The van der Waals surface area contributed by atoms with Gasteiger partial charge in [-0.2, -0.15) is 0 Å². The standard InChI is InChI=1S/C27H32N2O3/c1-32-25-17-23(30)8-7-22(25)19-28-15-11-27(12-16-28)18-24(27)26(31)29-13-9-21(10-14-29)20-5-3-2-4-6-20/h2-9,17,24,30H,10-16,18-19H2,1H3. The first-order valence-corrected chi connectivity index (χ1v) is 11.7. The summed E-state index contributed by atoms with van der Waals surface area (Å²) in [5.41, 5.74) is 3.95. The number of phenolic OH excluding ortho intramolecular Hbond substituents is 1. The first-order valence-electron chi connectivity index (χ1n) is 11.7. The number of carbonyl (C=O) groups is 1. The molecule has 5 heteroatoms. The largest absolute Gasteiger partial charge is 0.508 e. The normalized spacial score (nSPS) is 22.5. The number of ether oxygens (including phenoxy) is 1. The summed E-state index contributed by atoms with van der Waals surface area (Å²) in [5.74, 6) is 1.53. The predicted molar refractivity (Wildman–Crippen MR) is 125 cm³/mol. The van der Waals surface area contributed by atoms with E-state index in [4.69, 9.17) is 4.74 Å². The molecule has 1 N–H and O–H groups in total. The van der Waals surface area contributed by atoms with Crippen molar-refractivity contribution in [2.45, 2.75) is 32.2 Å². The van der Waals surface area contributed by atoms with Gasteiger partial charge >= 0.3 is 0 Å². The van der Waals surface area contributed by atoms with Crippen LogP contribution in [0.5, 0.6) is 11.5 Å². The molecule has 1 saturated carbocycles. The molecule has 1 unspecified atom stereocenters. The molecule has 2 aromatic carbocycles. The molecule has 0 radical (unpaired) electrons. The third-order valence-electron chi connectivity index (χ3n) is 7.67. The third kappa shape index (κ3) is 4.14. The molecule has 1 saturated heterocycles. The highest BCUT2D eigenvalue weighted by Crippen LogP contribution is 2.60. The van der Waals surface area contributed by atoms with Gasteiger partial charge < -0.3 is 14.7 Å². The Labute approximate surface area is 190 Å². The van der Waals surface area contributed by atoms with Crippen LogP contribution < -0.4 is 4.74 Å². The zero-order chi connectivity index (χ0) is 22.1. The Morgan fingerprint density at radius 2 is 1.91 bits per heavy atom. The van der Waals surface area contributed by atoms with Crippen LogP contribution in [0.15, 0.2) is 54.6 Å².